The summed E-state index contributed by atoms with van der Waals surface area (Å²) in [4.78, 5) is 61.9. The number of carbonyl (C=O) groups excluding carboxylic acids is 3. The van der Waals surface area contributed by atoms with E-state index in [1.165, 1.54) is 14.2 Å². The first-order chi connectivity index (χ1) is 27.7. The van der Waals surface area contributed by atoms with Crippen molar-refractivity contribution in [3.05, 3.63) is 103 Å². The Balaban J connectivity index is 0.922. The number of likely N-dealkylation sites (tertiary alicyclic amines) is 1. The number of alkyl carbamates (subject to hydrolysis) is 1. The van der Waals surface area contributed by atoms with Gasteiger partial charge in [-0.05, 0) is 91.7 Å². The first kappa shape index (κ1) is 38.1. The van der Waals surface area contributed by atoms with E-state index in [9.17, 15) is 14.4 Å². The molecule has 2 saturated carbocycles. The number of pyridine rings is 1. The molecule has 13 heteroatoms. The Hall–Kier alpha value is -5.82. The quantitative estimate of drug-likeness (QED) is 0.106. The second-order valence-electron chi connectivity index (χ2n) is 15.7. The molecule has 2 bridgehead atoms. The molecule has 4 heterocycles. The van der Waals surface area contributed by atoms with Crippen molar-refractivity contribution in [2.75, 3.05) is 20.8 Å². The van der Waals surface area contributed by atoms with Crippen LogP contribution in [-0.2, 0) is 19.1 Å². The van der Waals surface area contributed by atoms with Crippen LogP contribution in [0, 0.1) is 17.8 Å². The maximum Gasteiger partial charge on any atom is 0.407 e. The van der Waals surface area contributed by atoms with Gasteiger partial charge in [-0.2, -0.15) is 0 Å². The van der Waals surface area contributed by atoms with Gasteiger partial charge >= 0.3 is 6.09 Å². The summed E-state index contributed by atoms with van der Waals surface area (Å²) in [5.74, 6) is 2.30. The van der Waals surface area contributed by atoms with E-state index < -0.39 is 18.2 Å². The molecule has 3 aromatic heterocycles. The summed E-state index contributed by atoms with van der Waals surface area (Å²) in [6.45, 7) is 4.31. The van der Waals surface area contributed by atoms with Gasteiger partial charge in [0.1, 0.15) is 17.7 Å². The smallest absolute Gasteiger partial charge is 0.407 e. The molecule has 57 heavy (non-hydrogen) atoms. The highest BCUT2D eigenvalue weighted by molar-refractivity contribution is 5.87. The molecular formula is C44H50N8O5. The molecule has 3 unspecified atom stereocenters. The maximum absolute atomic E-state index is 13.7. The second kappa shape index (κ2) is 16.3. The van der Waals surface area contributed by atoms with Crippen LogP contribution in [0.2, 0.25) is 0 Å². The van der Waals surface area contributed by atoms with Gasteiger partial charge in [0.05, 0.1) is 55.0 Å². The number of fused-ring (bicyclic) bond motifs is 2. The summed E-state index contributed by atoms with van der Waals surface area (Å²) in [7, 11) is 2.77. The van der Waals surface area contributed by atoms with Crippen molar-refractivity contribution in [1.82, 2.24) is 40.5 Å². The van der Waals surface area contributed by atoms with Crippen molar-refractivity contribution in [2.24, 2.45) is 17.8 Å². The van der Waals surface area contributed by atoms with Crippen LogP contribution in [0.3, 0.4) is 0 Å². The number of imidazole rings is 2. The third kappa shape index (κ3) is 7.68. The fourth-order valence-corrected chi connectivity index (χ4v) is 9.27. The van der Waals surface area contributed by atoms with Crippen LogP contribution >= 0.6 is 0 Å². The Labute approximate surface area is 332 Å². The van der Waals surface area contributed by atoms with Crippen molar-refractivity contribution in [3.8, 4) is 33.6 Å². The fraction of sp³-hybridized carbons (Fsp3) is 0.409. The second-order valence-corrected chi connectivity index (χ2v) is 15.7. The van der Waals surface area contributed by atoms with Crippen molar-refractivity contribution < 1.29 is 23.9 Å². The number of amides is 3. The number of benzene rings is 2. The lowest BCUT2D eigenvalue weighted by Crippen LogP contribution is -2.54. The molecule has 4 N–H and O–H groups in total. The fourth-order valence-electron chi connectivity index (χ4n) is 9.27. The topological polar surface area (TPSA) is 167 Å². The van der Waals surface area contributed by atoms with E-state index in [2.05, 4.69) is 79.1 Å². The number of ether oxygens (including phenoxy) is 2. The zero-order valence-electron chi connectivity index (χ0n) is 32.8. The lowest BCUT2D eigenvalue weighted by molar-refractivity contribution is -0.137. The van der Waals surface area contributed by atoms with Crippen molar-refractivity contribution in [3.63, 3.8) is 0 Å². The molecule has 3 fully saturated rings. The van der Waals surface area contributed by atoms with Gasteiger partial charge in [0.15, 0.2) is 0 Å². The summed E-state index contributed by atoms with van der Waals surface area (Å²) >= 11 is 0. The summed E-state index contributed by atoms with van der Waals surface area (Å²) in [6, 6.07) is 19.4. The number of nitrogens with zero attached hydrogens (tertiary/aromatic N) is 4. The number of H-pyrrole nitrogens is 2. The monoisotopic (exact) mass is 770 g/mol. The van der Waals surface area contributed by atoms with Crippen LogP contribution in [0.4, 0.5) is 4.79 Å². The van der Waals surface area contributed by atoms with Gasteiger partial charge in [-0.3, -0.25) is 14.6 Å². The molecule has 2 aliphatic carbocycles. The molecule has 2 aromatic carbocycles. The lowest BCUT2D eigenvalue weighted by atomic mass is 9.78. The van der Waals surface area contributed by atoms with E-state index in [-0.39, 0.29) is 35.7 Å². The number of hydrogen-bond acceptors (Lipinski definition) is 8. The van der Waals surface area contributed by atoms with Gasteiger partial charge < -0.3 is 35.0 Å². The number of carbonyl (C=O) groups is 3. The average molecular weight is 771 g/mol. The molecule has 8 atom stereocenters. The zero-order chi connectivity index (χ0) is 39.6. The van der Waals surface area contributed by atoms with Gasteiger partial charge in [0.25, 0.3) is 0 Å². The number of hydrogen-bond donors (Lipinski definition) is 4. The molecule has 8 rings (SSSR count). The zero-order valence-corrected chi connectivity index (χ0v) is 32.8. The molecule has 13 nitrogen and oxygen atoms in total. The lowest BCUT2D eigenvalue weighted by Gasteiger charge is -2.30. The van der Waals surface area contributed by atoms with Gasteiger partial charge in [-0.15, -0.1) is 0 Å². The molecule has 1 saturated heterocycles. The highest BCUT2D eigenvalue weighted by Gasteiger charge is 2.52. The van der Waals surface area contributed by atoms with Crippen LogP contribution in [-0.4, -0.2) is 80.6 Å². The Kier molecular flexibility index (Phi) is 10.9. The number of aromatic amines is 2. The third-order valence-corrected chi connectivity index (χ3v) is 12.4. The number of aromatic nitrogens is 5. The Morgan fingerprint density at radius 3 is 2.05 bits per heavy atom. The highest BCUT2D eigenvalue weighted by Crippen LogP contribution is 2.56. The third-order valence-electron chi connectivity index (χ3n) is 12.4. The Morgan fingerprint density at radius 2 is 1.42 bits per heavy atom. The predicted molar refractivity (Wildman–Crippen MR) is 214 cm³/mol. The highest BCUT2D eigenvalue weighted by atomic mass is 16.5. The van der Waals surface area contributed by atoms with E-state index in [1.807, 2.05) is 31.5 Å². The molecule has 5 aromatic rings. The van der Waals surface area contributed by atoms with E-state index in [4.69, 9.17) is 14.5 Å². The minimum Gasteiger partial charge on any atom is -0.453 e. The number of nitrogens with one attached hydrogen (secondary N) is 4. The van der Waals surface area contributed by atoms with Gasteiger partial charge in [-0.1, -0.05) is 54.6 Å². The first-order valence-electron chi connectivity index (χ1n) is 19.9. The molecule has 1 aliphatic heterocycles. The SMILES string of the molecule is COC(=O)N[C@H](C(=O)N1CCC[C@H]1c1ncc(-c2ccc(-c3ccc(-c4cnc([C@@H]5C6CCC(C6)C5C(=O)N[C@H](C)c5cccnc5)[nH]4)cc3)cc2)[nH]1)[C@@H](C)OC. The molecule has 3 amide bonds. The molecular weight excluding hydrogens is 721 g/mol. The summed E-state index contributed by atoms with van der Waals surface area (Å²) < 4.78 is 10.2. The minimum absolute atomic E-state index is 0.0781. The van der Waals surface area contributed by atoms with Gasteiger partial charge in [-0.25, -0.2) is 14.8 Å². The van der Waals surface area contributed by atoms with Gasteiger partial charge in [0, 0.05) is 32.0 Å². The van der Waals surface area contributed by atoms with Crippen LogP contribution < -0.4 is 10.6 Å². The Morgan fingerprint density at radius 1 is 0.789 bits per heavy atom. The standard InChI is InChI=1S/C44H50N8O5/c1-25(33-7-5-19-45-22-33)48-42(53)38-32-18-17-31(21-32)37(38)41-47-24-35(50-41)30-15-11-28(12-16-30)27-9-13-29(14-10-27)34-23-46-40(49-34)36-8-6-20-52(36)43(54)39(26(2)56-3)51-44(55)57-4/h5,7,9-16,19,22-26,31-32,36-39H,6,8,17-18,20-21H2,1-4H3,(H,46,49)(H,47,50)(H,48,53)(H,51,55)/t25-,26-,31?,32?,36+,37-,38?,39+/m1/s1. The molecule has 0 spiro atoms. The minimum atomic E-state index is -0.886. The van der Waals surface area contributed by atoms with E-state index in [1.54, 1.807) is 24.2 Å². The summed E-state index contributed by atoms with van der Waals surface area (Å²) in [5, 5.41) is 5.90. The predicted octanol–water partition coefficient (Wildman–Crippen LogP) is 6.96. The molecule has 0 radical (unpaired) electrons. The maximum atomic E-state index is 13.7. The number of rotatable bonds is 12. The van der Waals surface area contributed by atoms with Crippen LogP contribution in [0.5, 0.6) is 0 Å². The molecule has 296 valence electrons. The van der Waals surface area contributed by atoms with Crippen molar-refractivity contribution in [1.29, 1.82) is 0 Å². The first-order valence-corrected chi connectivity index (χ1v) is 19.9. The van der Waals surface area contributed by atoms with E-state index in [0.717, 1.165) is 77.1 Å². The average Bonchev–Trinajstić information content (AvgIpc) is 4.11. The van der Waals surface area contributed by atoms with E-state index >= 15 is 0 Å². The normalized spacial score (nSPS) is 22.9. The van der Waals surface area contributed by atoms with Crippen LogP contribution in [0.1, 0.15) is 81.2 Å². The number of methoxy groups -OCH3 is 2. The van der Waals surface area contributed by atoms with Crippen LogP contribution in [0.25, 0.3) is 33.6 Å². The van der Waals surface area contributed by atoms with Crippen molar-refractivity contribution in [2.45, 2.75) is 76.1 Å². The summed E-state index contributed by atoms with van der Waals surface area (Å²) in [5.41, 5.74) is 6.98. The summed E-state index contributed by atoms with van der Waals surface area (Å²) in [6.07, 6.45) is 10.9. The molecule has 3 aliphatic rings. The van der Waals surface area contributed by atoms with Crippen LogP contribution in [0.15, 0.2) is 85.5 Å². The largest absolute Gasteiger partial charge is 0.453 e. The van der Waals surface area contributed by atoms with Gasteiger partial charge in [0.2, 0.25) is 11.8 Å². The van der Waals surface area contributed by atoms with E-state index in [0.29, 0.717) is 24.2 Å². The van der Waals surface area contributed by atoms with Crippen molar-refractivity contribution >= 4 is 17.9 Å². The Bertz CT molecular complexity index is 2190.